The minimum absolute atomic E-state index is 0.130. The van der Waals surface area contributed by atoms with Crippen molar-refractivity contribution in [2.24, 2.45) is 0 Å². The van der Waals surface area contributed by atoms with Gasteiger partial charge in [-0.25, -0.2) is 18.2 Å². The average Bonchev–Trinajstić information content (AvgIpc) is 3.46. The molecule has 0 saturated carbocycles. The summed E-state index contributed by atoms with van der Waals surface area (Å²) in [6, 6.07) is 23.4. The second-order valence-corrected chi connectivity index (χ2v) is 12.3. The molecule has 3 aromatic carbocycles. The van der Waals surface area contributed by atoms with Crippen molar-refractivity contribution in [3.63, 3.8) is 0 Å². The topological polar surface area (TPSA) is 91.5 Å². The van der Waals surface area contributed by atoms with Crippen molar-refractivity contribution in [1.82, 2.24) is 15.2 Å². The first kappa shape index (κ1) is 30.5. The van der Waals surface area contributed by atoms with E-state index < -0.39 is 12.2 Å². The van der Waals surface area contributed by atoms with E-state index >= 15 is 0 Å². The van der Waals surface area contributed by atoms with Crippen LogP contribution in [0.25, 0.3) is 38.4 Å². The number of carbonyl (C=O) groups is 1. The van der Waals surface area contributed by atoms with Gasteiger partial charge in [0.05, 0.1) is 6.54 Å². The number of nitrogens with zero attached hydrogens (tertiary/aromatic N) is 2. The lowest BCUT2D eigenvalue weighted by molar-refractivity contribution is -0.116. The highest BCUT2D eigenvalue weighted by molar-refractivity contribution is 7.19. The minimum atomic E-state index is -2.68. The lowest BCUT2D eigenvalue weighted by Crippen LogP contribution is -2.41. The third-order valence-electron chi connectivity index (χ3n) is 7.91. The monoisotopic (exact) mass is 628 g/mol. The minimum Gasteiger partial charge on any atom is -0.384 e. The number of amides is 1. The molecule has 0 spiro atoms. The summed E-state index contributed by atoms with van der Waals surface area (Å²) < 4.78 is 42.0. The summed E-state index contributed by atoms with van der Waals surface area (Å²) in [4.78, 5) is 19.1. The standard InChI is InChI=1S/C35H31F3N4O2S/c36-28-9-7-24(8-10-28)30-19-26(23-3-5-25(6-4-23)34(44)42-15-13-35(37,38)14-16-42)17-27-18-29(45-33(27)30)21-41-32(43)12-2-22-1-11-31(39)40-20-22/h1-12,17-20,34,44H,13-16,21H2,(H2,39,40)(H,41,43)/b12-2+. The number of thiophene rings is 1. The molecule has 1 aliphatic rings. The summed E-state index contributed by atoms with van der Waals surface area (Å²) in [6.45, 7) is 0.589. The number of aliphatic hydroxyl groups is 1. The maximum absolute atomic E-state index is 13.8. The van der Waals surface area contributed by atoms with E-state index in [4.69, 9.17) is 5.73 Å². The molecule has 230 valence electrons. The highest BCUT2D eigenvalue weighted by Crippen LogP contribution is 2.39. The summed E-state index contributed by atoms with van der Waals surface area (Å²) in [5.41, 5.74) is 10.6. The van der Waals surface area contributed by atoms with E-state index in [1.807, 2.05) is 30.3 Å². The van der Waals surface area contributed by atoms with E-state index in [-0.39, 0.29) is 37.7 Å². The number of nitrogens with two attached hydrogens (primary N) is 1. The van der Waals surface area contributed by atoms with Gasteiger partial charge in [-0.15, -0.1) is 11.3 Å². The van der Waals surface area contributed by atoms with Gasteiger partial charge in [0.25, 0.3) is 5.92 Å². The van der Waals surface area contributed by atoms with Gasteiger partial charge >= 0.3 is 0 Å². The molecule has 1 saturated heterocycles. The number of fused-ring (bicyclic) bond motifs is 1. The number of alkyl halides is 2. The average molecular weight is 629 g/mol. The fourth-order valence-corrected chi connectivity index (χ4v) is 6.49. The van der Waals surface area contributed by atoms with Crippen LogP contribution in [0.15, 0.2) is 91.1 Å². The van der Waals surface area contributed by atoms with Crippen molar-refractivity contribution in [2.75, 3.05) is 18.8 Å². The molecule has 1 atom stereocenters. The fraction of sp³-hybridized carbons (Fsp3) is 0.200. The number of carbonyl (C=O) groups excluding carboxylic acids is 1. The zero-order valence-electron chi connectivity index (χ0n) is 24.2. The Bertz CT molecular complexity index is 1830. The van der Waals surface area contributed by atoms with Gasteiger partial charge in [-0.1, -0.05) is 36.4 Å². The molecule has 6 nitrogen and oxygen atoms in total. The molecule has 1 unspecified atom stereocenters. The van der Waals surface area contributed by atoms with E-state index in [1.54, 1.807) is 52.8 Å². The third kappa shape index (κ3) is 7.25. The molecule has 45 heavy (non-hydrogen) atoms. The SMILES string of the molecule is Nc1ccc(/C=C/C(=O)NCc2cc3cc(-c4ccc(C(O)N5CCC(F)(F)CC5)cc4)cc(-c4ccc(F)cc4)c3s2)cn1. The molecule has 1 amide bonds. The second-order valence-electron chi connectivity index (χ2n) is 11.1. The molecule has 2 aromatic heterocycles. The smallest absolute Gasteiger partial charge is 0.250 e. The van der Waals surface area contributed by atoms with Crippen LogP contribution >= 0.6 is 11.3 Å². The van der Waals surface area contributed by atoms with E-state index in [9.17, 15) is 23.1 Å². The Kier molecular flexibility index (Phi) is 8.71. The van der Waals surface area contributed by atoms with Gasteiger partial charge in [0, 0.05) is 53.3 Å². The second kappa shape index (κ2) is 12.8. The number of pyridine rings is 1. The first-order chi connectivity index (χ1) is 21.6. The molecule has 1 fully saturated rings. The van der Waals surface area contributed by atoms with Crippen LogP contribution in [-0.2, 0) is 11.3 Å². The Hall–Kier alpha value is -4.51. The first-order valence-electron chi connectivity index (χ1n) is 14.5. The lowest BCUT2D eigenvalue weighted by Gasteiger charge is -2.35. The van der Waals surface area contributed by atoms with Crippen LogP contribution in [0.1, 0.15) is 35.1 Å². The normalized spacial score (nSPS) is 15.8. The molecule has 5 aromatic rings. The number of rotatable bonds is 8. The van der Waals surface area contributed by atoms with Crippen molar-refractivity contribution in [1.29, 1.82) is 0 Å². The van der Waals surface area contributed by atoms with Crippen molar-refractivity contribution in [3.05, 3.63) is 113 Å². The zero-order chi connectivity index (χ0) is 31.6. The summed E-state index contributed by atoms with van der Waals surface area (Å²) in [5, 5.41) is 14.7. The van der Waals surface area contributed by atoms with Crippen LogP contribution in [0.3, 0.4) is 0 Å². The molecular weight excluding hydrogens is 597 g/mol. The van der Waals surface area contributed by atoms with Gasteiger partial charge < -0.3 is 16.2 Å². The van der Waals surface area contributed by atoms with E-state index in [1.165, 1.54) is 18.2 Å². The predicted octanol–water partition coefficient (Wildman–Crippen LogP) is 7.40. The third-order valence-corrected chi connectivity index (χ3v) is 9.10. The molecule has 1 aliphatic heterocycles. The lowest BCUT2D eigenvalue weighted by atomic mass is 9.96. The highest BCUT2D eigenvalue weighted by atomic mass is 32.1. The van der Waals surface area contributed by atoms with Crippen molar-refractivity contribution < 1.29 is 23.1 Å². The summed E-state index contributed by atoms with van der Waals surface area (Å²) >= 11 is 1.56. The number of hydrogen-bond acceptors (Lipinski definition) is 6. The first-order valence-corrected chi connectivity index (χ1v) is 15.4. The summed E-state index contributed by atoms with van der Waals surface area (Å²) in [7, 11) is 0. The van der Waals surface area contributed by atoms with E-state index in [0.717, 1.165) is 42.8 Å². The highest BCUT2D eigenvalue weighted by Gasteiger charge is 2.36. The Morgan fingerprint density at radius 1 is 1.00 bits per heavy atom. The number of piperidine rings is 1. The van der Waals surface area contributed by atoms with Crippen LogP contribution in [0.4, 0.5) is 19.0 Å². The number of nitrogen functional groups attached to an aromatic ring is 1. The molecule has 0 bridgehead atoms. The van der Waals surface area contributed by atoms with Crippen LogP contribution < -0.4 is 11.1 Å². The van der Waals surface area contributed by atoms with Gasteiger partial charge in [-0.3, -0.25) is 9.69 Å². The molecule has 0 aliphatic carbocycles. The number of aliphatic hydroxyl groups excluding tert-OH is 1. The Morgan fingerprint density at radius 2 is 1.71 bits per heavy atom. The fourth-order valence-electron chi connectivity index (χ4n) is 5.38. The predicted molar refractivity (Wildman–Crippen MR) is 173 cm³/mol. The number of likely N-dealkylation sites (tertiary alicyclic amines) is 1. The molecule has 4 N–H and O–H groups in total. The summed E-state index contributed by atoms with van der Waals surface area (Å²) in [6.07, 6.45) is 3.22. The maximum atomic E-state index is 13.8. The number of benzene rings is 3. The van der Waals surface area contributed by atoms with Crippen LogP contribution in [0, 0.1) is 5.82 Å². The quantitative estimate of drug-likeness (QED) is 0.156. The number of halogens is 3. The van der Waals surface area contributed by atoms with E-state index in [2.05, 4.69) is 22.4 Å². The van der Waals surface area contributed by atoms with Crippen molar-refractivity contribution in [2.45, 2.75) is 31.5 Å². The van der Waals surface area contributed by atoms with Gasteiger partial charge in [-0.2, -0.15) is 0 Å². The van der Waals surface area contributed by atoms with Gasteiger partial charge in [0.1, 0.15) is 17.9 Å². The molecule has 10 heteroatoms. The molecule has 6 rings (SSSR count). The maximum Gasteiger partial charge on any atom is 0.250 e. The number of nitrogens with one attached hydrogen (secondary N) is 1. The molecule has 3 heterocycles. The van der Waals surface area contributed by atoms with Gasteiger partial charge in [0.2, 0.25) is 5.91 Å². The zero-order valence-corrected chi connectivity index (χ0v) is 25.0. The Balaban J connectivity index is 1.24. The van der Waals surface area contributed by atoms with Crippen molar-refractivity contribution in [3.8, 4) is 22.3 Å². The number of anilines is 1. The van der Waals surface area contributed by atoms with Gasteiger partial charge in [-0.05, 0) is 81.7 Å². The molecule has 0 radical (unpaired) electrons. The van der Waals surface area contributed by atoms with Crippen LogP contribution in [-0.4, -0.2) is 39.9 Å². The van der Waals surface area contributed by atoms with Crippen LogP contribution in [0.5, 0.6) is 0 Å². The van der Waals surface area contributed by atoms with E-state index in [0.29, 0.717) is 17.9 Å². The number of aromatic nitrogens is 1. The summed E-state index contributed by atoms with van der Waals surface area (Å²) in [5.74, 6) is -2.84. The largest absolute Gasteiger partial charge is 0.384 e. The Morgan fingerprint density at radius 3 is 2.40 bits per heavy atom. The number of hydrogen-bond donors (Lipinski definition) is 3. The Labute approximate surface area is 262 Å². The van der Waals surface area contributed by atoms with Crippen molar-refractivity contribution >= 4 is 39.2 Å². The van der Waals surface area contributed by atoms with Gasteiger partial charge in [0.15, 0.2) is 0 Å². The van der Waals surface area contributed by atoms with Crippen LogP contribution in [0.2, 0.25) is 0 Å². The molecular formula is C35H31F3N4O2S.